The topological polar surface area (TPSA) is 46.6 Å². The summed E-state index contributed by atoms with van der Waals surface area (Å²) < 4.78 is 4.87. The summed E-state index contributed by atoms with van der Waals surface area (Å²) in [7, 11) is 0. The monoisotopic (exact) mass is 279 g/mol. The molecule has 4 nitrogen and oxygen atoms in total. The van der Waals surface area contributed by atoms with Crippen LogP contribution in [0.4, 0.5) is 4.79 Å². The Labute approximate surface area is 99.1 Å². The highest BCUT2D eigenvalue weighted by molar-refractivity contribution is 9.09. The number of hydrogen-bond donors (Lipinski definition) is 0. The van der Waals surface area contributed by atoms with Crippen LogP contribution in [0.5, 0.6) is 0 Å². The van der Waals surface area contributed by atoms with Gasteiger partial charge in [0.05, 0.1) is 18.5 Å². The third-order valence-corrected chi connectivity index (χ3v) is 2.25. The summed E-state index contributed by atoms with van der Waals surface area (Å²) >= 11 is 3.07. The van der Waals surface area contributed by atoms with Crippen LogP contribution in [-0.2, 0) is 9.53 Å². The van der Waals surface area contributed by atoms with Crippen molar-refractivity contribution in [2.75, 3.05) is 25.0 Å². The number of Topliss-reactive ketones (excluding diaryl/α,β-unsaturated/α-hetero) is 1. The van der Waals surface area contributed by atoms with Crippen LogP contribution < -0.4 is 0 Å². The van der Waals surface area contributed by atoms with Crippen LogP contribution in [0.25, 0.3) is 0 Å². The third kappa shape index (κ3) is 6.49. The first-order valence-electron chi connectivity index (χ1n) is 5.00. The summed E-state index contributed by atoms with van der Waals surface area (Å²) in [6, 6.07) is 0. The molecule has 0 N–H and O–H groups in total. The minimum Gasteiger partial charge on any atom is -0.450 e. The maximum Gasteiger partial charge on any atom is 0.410 e. The zero-order valence-corrected chi connectivity index (χ0v) is 11.0. The van der Waals surface area contributed by atoms with Gasteiger partial charge in [0.2, 0.25) is 0 Å². The van der Waals surface area contributed by atoms with Crippen molar-refractivity contribution in [1.82, 2.24) is 4.90 Å². The van der Waals surface area contributed by atoms with E-state index in [1.165, 1.54) is 4.90 Å². The van der Waals surface area contributed by atoms with Crippen LogP contribution in [0.15, 0.2) is 0 Å². The van der Waals surface area contributed by atoms with Crippen LogP contribution in [0.2, 0.25) is 0 Å². The molecule has 0 aliphatic rings. The Morgan fingerprint density at radius 2 is 2.00 bits per heavy atom. The summed E-state index contributed by atoms with van der Waals surface area (Å²) in [5.41, 5.74) is 0. The van der Waals surface area contributed by atoms with Crippen LogP contribution in [0.3, 0.4) is 0 Å². The first-order chi connectivity index (χ1) is 7.01. The van der Waals surface area contributed by atoms with Crippen molar-refractivity contribution in [1.29, 1.82) is 0 Å². The van der Waals surface area contributed by atoms with Crippen molar-refractivity contribution in [3.05, 3.63) is 0 Å². The molecule has 0 unspecified atom stereocenters. The lowest BCUT2D eigenvalue weighted by atomic mass is 10.2. The van der Waals surface area contributed by atoms with Crippen molar-refractivity contribution >= 4 is 27.8 Å². The lowest BCUT2D eigenvalue weighted by molar-refractivity contribution is -0.117. The fraction of sp³-hybridized carbons (Fsp3) is 0.800. The second kappa shape index (κ2) is 7.68. The molecule has 0 aliphatic heterocycles. The smallest absolute Gasteiger partial charge is 0.410 e. The quantitative estimate of drug-likeness (QED) is 0.700. The van der Waals surface area contributed by atoms with Gasteiger partial charge in [-0.1, -0.05) is 29.8 Å². The summed E-state index contributed by atoms with van der Waals surface area (Å²) in [6.07, 6.45) is -0.416. The number of hydrogen-bond acceptors (Lipinski definition) is 3. The fourth-order valence-electron chi connectivity index (χ4n) is 1.11. The van der Waals surface area contributed by atoms with E-state index in [-0.39, 0.29) is 17.7 Å². The zero-order valence-electron chi connectivity index (χ0n) is 9.46. The molecular weight excluding hydrogens is 262 g/mol. The highest BCUT2D eigenvalue weighted by Gasteiger charge is 2.18. The maximum atomic E-state index is 11.5. The van der Waals surface area contributed by atoms with Crippen molar-refractivity contribution in [3.8, 4) is 0 Å². The number of carbonyl (C=O) groups is 2. The number of halogens is 1. The van der Waals surface area contributed by atoms with Gasteiger partial charge in [0.25, 0.3) is 0 Å². The Bertz CT molecular complexity index is 219. The van der Waals surface area contributed by atoms with Gasteiger partial charge in [-0.25, -0.2) is 4.79 Å². The van der Waals surface area contributed by atoms with Gasteiger partial charge < -0.3 is 9.64 Å². The molecule has 0 aromatic carbocycles. The van der Waals surface area contributed by atoms with E-state index in [1.807, 2.05) is 13.8 Å². The standard InChI is InChI=1S/C10H18BrNO3/c1-4-15-10(14)12(6-8(2)3)7-9(13)5-11/h8H,4-7H2,1-3H3. The molecule has 0 aromatic heterocycles. The number of carbonyl (C=O) groups excluding carboxylic acids is 2. The van der Waals surface area contributed by atoms with Crippen LogP contribution in [-0.4, -0.2) is 41.8 Å². The van der Waals surface area contributed by atoms with Crippen LogP contribution >= 0.6 is 15.9 Å². The predicted molar refractivity (Wildman–Crippen MR) is 62.2 cm³/mol. The molecule has 0 heterocycles. The Kier molecular flexibility index (Phi) is 7.38. The maximum absolute atomic E-state index is 11.5. The Hall–Kier alpha value is -0.580. The number of ether oxygens (including phenoxy) is 1. The van der Waals surface area contributed by atoms with E-state index in [9.17, 15) is 9.59 Å². The number of rotatable bonds is 6. The average molecular weight is 280 g/mol. The van der Waals surface area contributed by atoms with E-state index >= 15 is 0 Å². The molecule has 0 bridgehead atoms. The molecule has 0 rings (SSSR count). The van der Waals surface area contributed by atoms with Crippen molar-refractivity contribution in [2.45, 2.75) is 20.8 Å². The zero-order chi connectivity index (χ0) is 11.8. The Morgan fingerprint density at radius 3 is 2.40 bits per heavy atom. The van der Waals surface area contributed by atoms with Crippen molar-refractivity contribution in [3.63, 3.8) is 0 Å². The molecule has 0 saturated heterocycles. The van der Waals surface area contributed by atoms with E-state index in [0.717, 1.165) is 0 Å². The minimum absolute atomic E-state index is 0.0243. The minimum atomic E-state index is -0.416. The van der Waals surface area contributed by atoms with Gasteiger partial charge in [-0.15, -0.1) is 0 Å². The van der Waals surface area contributed by atoms with Gasteiger partial charge in [0, 0.05) is 6.54 Å². The predicted octanol–water partition coefficient (Wildman–Crippen LogP) is 2.06. The molecule has 0 atom stereocenters. The molecule has 0 saturated carbocycles. The summed E-state index contributed by atoms with van der Waals surface area (Å²) in [4.78, 5) is 24.1. The number of amides is 1. The van der Waals surface area contributed by atoms with E-state index < -0.39 is 6.09 Å². The summed E-state index contributed by atoms with van der Waals surface area (Å²) in [5, 5.41) is 0.265. The number of ketones is 1. The van der Waals surface area contributed by atoms with E-state index in [2.05, 4.69) is 15.9 Å². The molecule has 0 aromatic rings. The Morgan fingerprint density at radius 1 is 1.40 bits per heavy atom. The van der Waals surface area contributed by atoms with Gasteiger partial charge in [0.15, 0.2) is 5.78 Å². The normalized spacial score (nSPS) is 10.2. The third-order valence-electron chi connectivity index (χ3n) is 1.63. The molecule has 0 fully saturated rings. The molecule has 15 heavy (non-hydrogen) atoms. The van der Waals surface area contributed by atoms with Gasteiger partial charge in [-0.3, -0.25) is 4.79 Å². The first kappa shape index (κ1) is 14.4. The van der Waals surface area contributed by atoms with Crippen molar-refractivity contribution < 1.29 is 14.3 Å². The summed E-state index contributed by atoms with van der Waals surface area (Å²) in [5.74, 6) is 0.293. The second-order valence-corrected chi connectivity index (χ2v) is 4.21. The van der Waals surface area contributed by atoms with Gasteiger partial charge in [-0.05, 0) is 12.8 Å². The lowest BCUT2D eigenvalue weighted by Gasteiger charge is -2.22. The fourth-order valence-corrected chi connectivity index (χ4v) is 1.29. The van der Waals surface area contributed by atoms with Crippen molar-refractivity contribution in [2.24, 2.45) is 5.92 Å². The molecule has 0 spiro atoms. The molecule has 5 heteroatoms. The lowest BCUT2D eigenvalue weighted by Crippen LogP contribution is -2.39. The Balaban J connectivity index is 4.29. The van der Waals surface area contributed by atoms with E-state index in [1.54, 1.807) is 6.92 Å². The molecule has 0 aliphatic carbocycles. The van der Waals surface area contributed by atoms with Crippen LogP contribution in [0, 0.1) is 5.92 Å². The van der Waals surface area contributed by atoms with E-state index in [4.69, 9.17) is 4.74 Å². The molecule has 88 valence electrons. The molecule has 1 amide bonds. The van der Waals surface area contributed by atoms with Gasteiger partial charge in [-0.2, -0.15) is 0 Å². The average Bonchev–Trinajstić information content (AvgIpc) is 2.16. The highest BCUT2D eigenvalue weighted by Crippen LogP contribution is 2.02. The van der Waals surface area contributed by atoms with E-state index in [0.29, 0.717) is 19.1 Å². The largest absolute Gasteiger partial charge is 0.450 e. The number of nitrogens with zero attached hydrogens (tertiary/aromatic N) is 1. The number of alkyl halides is 1. The first-order valence-corrected chi connectivity index (χ1v) is 6.12. The molecular formula is C10H18BrNO3. The summed E-state index contributed by atoms with van der Waals surface area (Å²) in [6.45, 7) is 6.71. The molecule has 0 radical (unpaired) electrons. The van der Waals surface area contributed by atoms with Gasteiger partial charge >= 0.3 is 6.09 Å². The second-order valence-electron chi connectivity index (χ2n) is 3.65. The SMILES string of the molecule is CCOC(=O)N(CC(=O)CBr)CC(C)C. The highest BCUT2D eigenvalue weighted by atomic mass is 79.9. The van der Waals surface area contributed by atoms with Crippen LogP contribution in [0.1, 0.15) is 20.8 Å². The van der Waals surface area contributed by atoms with Gasteiger partial charge in [0.1, 0.15) is 0 Å².